The Bertz CT molecular complexity index is 1020. The number of nitrogens with one attached hydrogen (secondary N) is 1. The van der Waals surface area contributed by atoms with E-state index in [2.05, 4.69) is 49.1 Å². The lowest BCUT2D eigenvalue weighted by atomic mass is 9.94. The molecule has 3 aromatic rings. The van der Waals surface area contributed by atoms with Crippen LogP contribution in [0.3, 0.4) is 0 Å². The molecular weight excluding hydrogens is 352 g/mol. The maximum Gasteiger partial charge on any atom is 0.270 e. The molecule has 0 spiro atoms. The number of hydrogen-bond donors (Lipinski definition) is 1. The normalized spacial score (nSPS) is 23.6. The first kappa shape index (κ1) is 17.2. The van der Waals surface area contributed by atoms with Crippen molar-refractivity contribution in [2.75, 3.05) is 13.1 Å². The molecule has 1 saturated heterocycles. The van der Waals surface area contributed by atoms with Crippen LogP contribution < -0.4 is 5.32 Å². The van der Waals surface area contributed by atoms with Gasteiger partial charge in [0.25, 0.3) is 5.91 Å². The van der Waals surface area contributed by atoms with E-state index in [0.29, 0.717) is 17.5 Å². The zero-order valence-electron chi connectivity index (χ0n) is 16.1. The average Bonchev–Trinajstić information content (AvgIpc) is 3.44. The number of likely N-dealkylation sites (tertiary alicyclic amines) is 1. The Kier molecular flexibility index (Phi) is 4.05. The number of benzene rings is 1. The highest BCUT2D eigenvalue weighted by Gasteiger charge is 2.46. The second kappa shape index (κ2) is 6.60. The monoisotopic (exact) mass is 376 g/mol. The van der Waals surface area contributed by atoms with Crippen LogP contribution in [0.5, 0.6) is 0 Å². The fourth-order valence-electron chi connectivity index (χ4n) is 4.82. The van der Waals surface area contributed by atoms with Crippen LogP contribution in [0.2, 0.25) is 0 Å². The zero-order valence-corrected chi connectivity index (χ0v) is 16.1. The van der Waals surface area contributed by atoms with Crippen LogP contribution in [0.1, 0.15) is 39.4 Å². The molecule has 2 aliphatic rings. The molecule has 28 heavy (non-hydrogen) atoms. The summed E-state index contributed by atoms with van der Waals surface area (Å²) < 4.78 is 3.69. The van der Waals surface area contributed by atoms with Crippen molar-refractivity contribution in [3.05, 3.63) is 71.6 Å². The van der Waals surface area contributed by atoms with Gasteiger partial charge in [-0.1, -0.05) is 24.3 Å². The number of amides is 1. The Morgan fingerprint density at radius 3 is 2.68 bits per heavy atom. The van der Waals surface area contributed by atoms with Crippen LogP contribution in [0, 0.1) is 5.92 Å². The van der Waals surface area contributed by atoms with Gasteiger partial charge in [0.05, 0.1) is 12.6 Å². The van der Waals surface area contributed by atoms with Crippen LogP contribution in [0.4, 0.5) is 0 Å². The quantitative estimate of drug-likeness (QED) is 0.755. The number of aryl methyl sites for hydroxylation is 2. The molecule has 1 N–H and O–H groups in total. The van der Waals surface area contributed by atoms with Gasteiger partial charge in [-0.3, -0.25) is 14.4 Å². The summed E-state index contributed by atoms with van der Waals surface area (Å²) in [6, 6.07) is 10.3. The Morgan fingerprint density at radius 1 is 1.14 bits per heavy atom. The number of carbonyl (C=O) groups is 1. The first-order valence-electron chi connectivity index (χ1n) is 9.68. The van der Waals surface area contributed by atoms with Gasteiger partial charge in [0.15, 0.2) is 0 Å². The van der Waals surface area contributed by atoms with Gasteiger partial charge in [-0.05, 0) is 17.2 Å². The van der Waals surface area contributed by atoms with E-state index in [1.165, 1.54) is 11.1 Å². The molecular formula is C21H24N6O. The van der Waals surface area contributed by atoms with Gasteiger partial charge in [-0.25, -0.2) is 4.98 Å². The lowest BCUT2D eigenvalue weighted by Crippen LogP contribution is -2.34. The molecule has 1 amide bonds. The minimum Gasteiger partial charge on any atom is -0.344 e. The standard InChI is InChI=1S/C21H24N6O/c1-25-10-9-22-19(25)13-27-11-16-14-5-3-4-6-15(14)20(17(16)12-27)24-21(28)18-7-8-23-26(18)2/h3-10,16-17,20H,11-13H2,1-2H3,(H,24,28)/t16-,17-,20+/m0/s1. The van der Waals surface area contributed by atoms with Crippen molar-refractivity contribution in [3.63, 3.8) is 0 Å². The summed E-state index contributed by atoms with van der Waals surface area (Å²) in [4.78, 5) is 19.8. The predicted molar refractivity (Wildman–Crippen MR) is 105 cm³/mol. The highest BCUT2D eigenvalue weighted by atomic mass is 16.2. The first-order valence-corrected chi connectivity index (χ1v) is 9.68. The van der Waals surface area contributed by atoms with Crippen LogP contribution in [0.25, 0.3) is 0 Å². The summed E-state index contributed by atoms with van der Waals surface area (Å²) in [7, 11) is 3.83. The summed E-state index contributed by atoms with van der Waals surface area (Å²) in [6.07, 6.45) is 5.49. The molecule has 1 fully saturated rings. The highest BCUT2D eigenvalue weighted by Crippen LogP contribution is 2.49. The van der Waals surface area contributed by atoms with Gasteiger partial charge in [-0.2, -0.15) is 5.10 Å². The molecule has 0 bridgehead atoms. The molecule has 2 aromatic heterocycles. The molecule has 144 valence electrons. The zero-order chi connectivity index (χ0) is 19.3. The molecule has 1 aromatic carbocycles. The lowest BCUT2D eigenvalue weighted by Gasteiger charge is -2.23. The van der Waals surface area contributed by atoms with Gasteiger partial charge in [0.1, 0.15) is 11.5 Å². The third-order valence-electron chi connectivity index (χ3n) is 6.23. The molecule has 3 atom stereocenters. The molecule has 5 rings (SSSR count). The molecule has 0 saturated carbocycles. The van der Waals surface area contributed by atoms with Crippen LogP contribution in [-0.4, -0.2) is 43.2 Å². The van der Waals surface area contributed by atoms with Gasteiger partial charge in [0.2, 0.25) is 0 Å². The second-order valence-corrected chi connectivity index (χ2v) is 7.84. The van der Waals surface area contributed by atoms with Gasteiger partial charge >= 0.3 is 0 Å². The molecule has 1 aliphatic carbocycles. The van der Waals surface area contributed by atoms with Crippen molar-refractivity contribution in [2.45, 2.75) is 18.5 Å². The van der Waals surface area contributed by atoms with E-state index in [0.717, 1.165) is 25.5 Å². The number of rotatable bonds is 4. The van der Waals surface area contributed by atoms with Crippen molar-refractivity contribution in [3.8, 4) is 0 Å². The number of aromatic nitrogens is 4. The number of imidazole rings is 1. The summed E-state index contributed by atoms with van der Waals surface area (Å²) in [5.41, 5.74) is 3.21. The minimum absolute atomic E-state index is 0.0231. The fourth-order valence-corrected chi connectivity index (χ4v) is 4.82. The maximum atomic E-state index is 12.9. The predicted octanol–water partition coefficient (Wildman–Crippen LogP) is 1.85. The van der Waals surface area contributed by atoms with E-state index < -0.39 is 0 Å². The highest BCUT2D eigenvalue weighted by molar-refractivity contribution is 5.92. The summed E-state index contributed by atoms with van der Waals surface area (Å²) in [5, 5.41) is 7.42. The number of fused-ring (bicyclic) bond motifs is 3. The third-order valence-corrected chi connectivity index (χ3v) is 6.23. The van der Waals surface area contributed by atoms with E-state index in [9.17, 15) is 4.79 Å². The van der Waals surface area contributed by atoms with Gasteiger partial charge < -0.3 is 9.88 Å². The van der Waals surface area contributed by atoms with Crippen LogP contribution >= 0.6 is 0 Å². The van der Waals surface area contributed by atoms with E-state index in [1.807, 2.05) is 19.4 Å². The van der Waals surface area contributed by atoms with Crippen LogP contribution in [0.15, 0.2) is 48.9 Å². The second-order valence-electron chi connectivity index (χ2n) is 7.84. The Morgan fingerprint density at radius 2 is 1.96 bits per heavy atom. The largest absolute Gasteiger partial charge is 0.344 e. The first-order chi connectivity index (χ1) is 13.6. The maximum absolute atomic E-state index is 12.9. The summed E-state index contributed by atoms with van der Waals surface area (Å²) in [6.45, 7) is 2.77. The number of nitrogens with zero attached hydrogens (tertiary/aromatic N) is 5. The minimum atomic E-state index is -0.0667. The van der Waals surface area contributed by atoms with Gasteiger partial charge in [-0.15, -0.1) is 0 Å². The Hall–Kier alpha value is -2.93. The van der Waals surface area contributed by atoms with E-state index in [-0.39, 0.29) is 11.9 Å². The Labute approximate surface area is 164 Å². The number of hydrogen-bond acceptors (Lipinski definition) is 4. The van der Waals surface area contributed by atoms with E-state index in [4.69, 9.17) is 0 Å². The summed E-state index contributed by atoms with van der Waals surface area (Å²) in [5.74, 6) is 1.81. The van der Waals surface area contributed by atoms with E-state index >= 15 is 0 Å². The van der Waals surface area contributed by atoms with Crippen molar-refractivity contribution in [1.29, 1.82) is 0 Å². The van der Waals surface area contributed by atoms with Crippen molar-refractivity contribution >= 4 is 5.91 Å². The van der Waals surface area contributed by atoms with Crippen LogP contribution in [-0.2, 0) is 20.6 Å². The fraction of sp³-hybridized carbons (Fsp3) is 0.381. The Balaban J connectivity index is 1.40. The number of carbonyl (C=O) groups excluding carboxylic acids is 1. The molecule has 7 heteroatoms. The van der Waals surface area contributed by atoms with Crippen molar-refractivity contribution < 1.29 is 4.79 Å². The van der Waals surface area contributed by atoms with Crippen molar-refractivity contribution in [2.24, 2.45) is 20.0 Å². The topological polar surface area (TPSA) is 68.0 Å². The molecule has 1 aliphatic heterocycles. The molecule has 7 nitrogen and oxygen atoms in total. The summed E-state index contributed by atoms with van der Waals surface area (Å²) >= 11 is 0. The SMILES string of the molecule is Cn1ccnc1CN1C[C@@H]2[C@H](NC(=O)c3ccnn3C)c3ccccc3[C@@H]2C1. The molecule has 0 radical (unpaired) electrons. The average molecular weight is 376 g/mol. The van der Waals surface area contributed by atoms with Gasteiger partial charge in [0, 0.05) is 57.6 Å². The lowest BCUT2D eigenvalue weighted by molar-refractivity contribution is 0.0914. The third kappa shape index (κ3) is 2.74. The molecule has 3 heterocycles. The smallest absolute Gasteiger partial charge is 0.270 e. The van der Waals surface area contributed by atoms with Crippen molar-refractivity contribution in [1.82, 2.24) is 29.5 Å². The molecule has 0 unspecified atom stereocenters. The van der Waals surface area contributed by atoms with E-state index in [1.54, 1.807) is 24.0 Å².